The minimum atomic E-state index is -0.643. The Bertz CT molecular complexity index is 1020. The molecule has 32 heavy (non-hydrogen) atoms. The monoisotopic (exact) mass is 435 g/mol. The second-order valence-corrected chi connectivity index (χ2v) is 7.92. The van der Waals surface area contributed by atoms with Crippen molar-refractivity contribution in [1.82, 2.24) is 4.90 Å². The van der Waals surface area contributed by atoms with Crippen molar-refractivity contribution in [1.29, 1.82) is 0 Å². The van der Waals surface area contributed by atoms with Crippen LogP contribution in [0, 0.1) is 6.92 Å². The van der Waals surface area contributed by atoms with Gasteiger partial charge in [0, 0.05) is 19.6 Å². The Kier molecular flexibility index (Phi) is 7.14. The molecule has 3 aromatic rings. The molecule has 1 aliphatic rings. The Morgan fingerprint density at radius 3 is 2.47 bits per heavy atom. The first-order valence-electron chi connectivity index (χ1n) is 10.7. The van der Waals surface area contributed by atoms with Gasteiger partial charge in [0.1, 0.15) is 24.2 Å². The lowest BCUT2D eigenvalue weighted by molar-refractivity contribution is 0.0627. The molecule has 1 heterocycles. The average Bonchev–Trinajstić information content (AvgIpc) is 3.27. The van der Waals surface area contributed by atoms with Gasteiger partial charge < -0.3 is 24.1 Å². The van der Waals surface area contributed by atoms with Crippen molar-refractivity contribution in [3.63, 3.8) is 0 Å². The van der Waals surface area contributed by atoms with Crippen molar-refractivity contribution in [2.45, 2.75) is 26.1 Å². The fourth-order valence-electron chi connectivity index (χ4n) is 3.73. The molecule has 0 saturated carbocycles. The van der Waals surface area contributed by atoms with Crippen molar-refractivity contribution >= 4 is 0 Å². The van der Waals surface area contributed by atoms with Crippen LogP contribution in [0.3, 0.4) is 0 Å². The van der Waals surface area contributed by atoms with E-state index in [9.17, 15) is 5.11 Å². The molecule has 4 rings (SSSR count). The number of aliphatic hydroxyl groups excluding tert-OH is 1. The van der Waals surface area contributed by atoms with Gasteiger partial charge in [-0.3, -0.25) is 4.90 Å². The fourth-order valence-corrected chi connectivity index (χ4v) is 3.73. The molecule has 0 amide bonds. The van der Waals surface area contributed by atoms with Crippen LogP contribution >= 0.6 is 0 Å². The molecule has 3 aromatic carbocycles. The molecule has 1 aliphatic heterocycles. The molecular weight excluding hydrogens is 406 g/mol. The zero-order valence-corrected chi connectivity index (χ0v) is 18.5. The highest BCUT2D eigenvalue weighted by molar-refractivity contribution is 5.44. The largest absolute Gasteiger partial charge is 0.497 e. The molecule has 0 spiro atoms. The van der Waals surface area contributed by atoms with Gasteiger partial charge in [-0.1, -0.05) is 30.3 Å². The summed E-state index contributed by atoms with van der Waals surface area (Å²) in [6, 6.07) is 21.7. The highest BCUT2D eigenvalue weighted by Gasteiger charge is 2.18. The van der Waals surface area contributed by atoms with Crippen LogP contribution in [0.2, 0.25) is 0 Å². The molecule has 6 heteroatoms. The molecule has 0 unspecified atom stereocenters. The van der Waals surface area contributed by atoms with Crippen LogP contribution in [0.1, 0.15) is 16.7 Å². The highest BCUT2D eigenvalue weighted by Crippen LogP contribution is 2.33. The van der Waals surface area contributed by atoms with E-state index in [0.29, 0.717) is 18.8 Å². The lowest BCUT2D eigenvalue weighted by Gasteiger charge is -2.26. The highest BCUT2D eigenvalue weighted by atomic mass is 16.7. The zero-order chi connectivity index (χ0) is 22.3. The summed E-state index contributed by atoms with van der Waals surface area (Å²) >= 11 is 0. The van der Waals surface area contributed by atoms with Gasteiger partial charge in [0.15, 0.2) is 11.5 Å². The predicted molar refractivity (Wildman–Crippen MR) is 122 cm³/mol. The smallest absolute Gasteiger partial charge is 0.231 e. The van der Waals surface area contributed by atoms with Crippen LogP contribution < -0.4 is 18.9 Å². The topological polar surface area (TPSA) is 60.4 Å². The van der Waals surface area contributed by atoms with E-state index in [1.807, 2.05) is 54.6 Å². The Hall–Kier alpha value is -3.22. The molecular formula is C26H29NO5. The van der Waals surface area contributed by atoms with Gasteiger partial charge in [-0.15, -0.1) is 0 Å². The van der Waals surface area contributed by atoms with E-state index >= 15 is 0 Å². The number of ether oxygens (including phenoxy) is 4. The molecule has 0 aliphatic carbocycles. The normalized spacial score (nSPS) is 13.2. The second kappa shape index (κ2) is 10.4. The summed E-state index contributed by atoms with van der Waals surface area (Å²) in [4.78, 5) is 2.22. The van der Waals surface area contributed by atoms with Crippen LogP contribution in [0.15, 0.2) is 66.7 Å². The lowest BCUT2D eigenvalue weighted by atomic mass is 10.1. The summed E-state index contributed by atoms with van der Waals surface area (Å²) in [6.07, 6.45) is -0.643. The minimum absolute atomic E-state index is 0.206. The Labute approximate surface area is 188 Å². The number of hydrogen-bond donors (Lipinski definition) is 1. The third-order valence-corrected chi connectivity index (χ3v) is 5.47. The molecule has 0 saturated heterocycles. The maximum Gasteiger partial charge on any atom is 0.231 e. The van der Waals surface area contributed by atoms with Crippen molar-refractivity contribution in [2.24, 2.45) is 0 Å². The molecule has 6 nitrogen and oxygen atoms in total. The van der Waals surface area contributed by atoms with Crippen molar-refractivity contribution < 1.29 is 24.1 Å². The van der Waals surface area contributed by atoms with E-state index in [0.717, 1.165) is 29.4 Å². The number of nitrogens with zero attached hydrogens (tertiary/aromatic N) is 1. The number of fused-ring (bicyclic) bond motifs is 1. The summed E-state index contributed by atoms with van der Waals surface area (Å²) < 4.78 is 21.9. The van der Waals surface area contributed by atoms with Crippen LogP contribution in [-0.4, -0.2) is 43.2 Å². The van der Waals surface area contributed by atoms with Gasteiger partial charge in [-0.05, 0) is 60.0 Å². The molecule has 168 valence electrons. The summed E-state index contributed by atoms with van der Waals surface area (Å²) in [5.41, 5.74) is 3.56. The van der Waals surface area contributed by atoms with Gasteiger partial charge >= 0.3 is 0 Å². The molecule has 0 bridgehead atoms. The number of rotatable bonds is 10. The SMILES string of the molecule is COc1ccc(OC[C@H](O)CN(Cc2ccc3c(c2)OCO3)Cc2ccccc2C)cc1. The van der Waals surface area contributed by atoms with Crippen LogP contribution in [-0.2, 0) is 13.1 Å². The first-order chi connectivity index (χ1) is 15.6. The third-order valence-electron chi connectivity index (χ3n) is 5.47. The molecule has 0 aromatic heterocycles. The van der Waals surface area contributed by atoms with E-state index in [-0.39, 0.29) is 13.4 Å². The number of hydrogen-bond acceptors (Lipinski definition) is 6. The van der Waals surface area contributed by atoms with Gasteiger partial charge in [0.05, 0.1) is 7.11 Å². The van der Waals surface area contributed by atoms with Crippen LogP contribution in [0.25, 0.3) is 0 Å². The summed E-state index contributed by atoms with van der Waals surface area (Å²) in [6.45, 7) is 4.44. The van der Waals surface area contributed by atoms with Crippen LogP contribution in [0.5, 0.6) is 23.0 Å². The van der Waals surface area contributed by atoms with E-state index < -0.39 is 6.10 Å². The summed E-state index contributed by atoms with van der Waals surface area (Å²) in [5.74, 6) is 3.01. The third kappa shape index (κ3) is 5.72. The van der Waals surface area contributed by atoms with Gasteiger partial charge in [0.2, 0.25) is 6.79 Å². The number of methoxy groups -OCH3 is 1. The zero-order valence-electron chi connectivity index (χ0n) is 18.5. The average molecular weight is 436 g/mol. The van der Waals surface area contributed by atoms with E-state index in [1.165, 1.54) is 11.1 Å². The van der Waals surface area contributed by atoms with E-state index in [2.05, 4.69) is 24.0 Å². The van der Waals surface area contributed by atoms with Crippen LogP contribution in [0.4, 0.5) is 0 Å². The second-order valence-electron chi connectivity index (χ2n) is 7.92. The number of benzene rings is 3. The van der Waals surface area contributed by atoms with Gasteiger partial charge in [-0.2, -0.15) is 0 Å². The minimum Gasteiger partial charge on any atom is -0.497 e. The lowest BCUT2D eigenvalue weighted by Crippen LogP contribution is -2.35. The first-order valence-corrected chi connectivity index (χ1v) is 10.7. The fraction of sp³-hybridized carbons (Fsp3) is 0.308. The van der Waals surface area contributed by atoms with E-state index in [1.54, 1.807) is 7.11 Å². The molecule has 0 radical (unpaired) electrons. The van der Waals surface area contributed by atoms with Crippen molar-refractivity contribution in [3.8, 4) is 23.0 Å². The molecule has 0 fully saturated rings. The van der Waals surface area contributed by atoms with Crippen molar-refractivity contribution in [3.05, 3.63) is 83.4 Å². The molecule has 1 atom stereocenters. The standard InChI is InChI=1S/C26H29NO5/c1-19-5-3-4-6-21(19)15-27(14-20-7-12-25-26(13-20)32-18-31-25)16-22(28)17-30-24-10-8-23(29-2)9-11-24/h3-13,22,28H,14-18H2,1-2H3/t22-/m1/s1. The van der Waals surface area contributed by atoms with Crippen molar-refractivity contribution in [2.75, 3.05) is 27.1 Å². The van der Waals surface area contributed by atoms with Gasteiger partial charge in [-0.25, -0.2) is 0 Å². The predicted octanol–water partition coefficient (Wildman–Crippen LogP) is 4.17. The Morgan fingerprint density at radius 2 is 1.69 bits per heavy atom. The first kappa shape index (κ1) is 22.0. The van der Waals surface area contributed by atoms with Gasteiger partial charge in [0.25, 0.3) is 0 Å². The number of aliphatic hydroxyl groups is 1. The Balaban J connectivity index is 1.42. The quantitative estimate of drug-likeness (QED) is 0.516. The summed E-state index contributed by atoms with van der Waals surface area (Å²) in [7, 11) is 1.63. The summed E-state index contributed by atoms with van der Waals surface area (Å²) in [5, 5.41) is 10.7. The molecule has 1 N–H and O–H groups in total. The Morgan fingerprint density at radius 1 is 0.938 bits per heavy atom. The maximum absolute atomic E-state index is 10.7. The maximum atomic E-state index is 10.7. The van der Waals surface area contributed by atoms with E-state index in [4.69, 9.17) is 18.9 Å². The number of aryl methyl sites for hydroxylation is 1.